The molecule has 2 fully saturated rings. The van der Waals surface area contributed by atoms with Gasteiger partial charge in [0.05, 0.1) is 12.9 Å². The van der Waals surface area contributed by atoms with E-state index in [1.807, 2.05) is 0 Å². The fourth-order valence-corrected chi connectivity index (χ4v) is 5.93. The molecule has 0 saturated carbocycles. The third-order valence-electron chi connectivity index (χ3n) is 4.24. The number of hydrogen-bond acceptors (Lipinski definition) is 14. The van der Waals surface area contributed by atoms with Gasteiger partial charge in [-0.15, -0.1) is 0 Å². The maximum atomic E-state index is 12.3. The Hall–Kier alpha value is -1.74. The zero-order chi connectivity index (χ0) is 22.5. The molecule has 0 aromatic carbocycles. The number of hydrogen-bond donors (Lipinski definition) is 5. The van der Waals surface area contributed by atoms with Crippen LogP contribution in [0.2, 0.25) is 0 Å². The predicted octanol–water partition coefficient (Wildman–Crippen LogP) is -0.815. The average Bonchev–Trinajstić information content (AvgIpc) is 3.21. The van der Waals surface area contributed by atoms with Crippen molar-refractivity contribution in [3.05, 3.63) is 16.7 Å². The summed E-state index contributed by atoms with van der Waals surface area (Å²) in [5, 5.41) is 20.6. The fraction of sp³-hybridized carbons (Fsp3) is 0.545. The number of nitrogen functional groups attached to an aromatic ring is 1. The number of ether oxygens (including phenoxy) is 1. The van der Waals surface area contributed by atoms with Gasteiger partial charge in [-0.3, -0.25) is 18.9 Å². The highest BCUT2D eigenvalue weighted by Gasteiger charge is 2.60. The quantitative estimate of drug-likeness (QED) is 0.314. The number of anilines is 1. The highest BCUT2D eigenvalue weighted by Crippen LogP contribution is 2.60. The van der Waals surface area contributed by atoms with Gasteiger partial charge < -0.3 is 30.1 Å². The lowest BCUT2D eigenvalue weighted by molar-refractivity contribution is -0.0525. The maximum Gasteiger partial charge on any atom is 0.751 e. The van der Waals surface area contributed by atoms with Crippen LogP contribution in [0.15, 0.2) is 11.1 Å². The molecule has 3 unspecified atom stereocenters. The van der Waals surface area contributed by atoms with Gasteiger partial charge in [0.15, 0.2) is 21.7 Å². The summed E-state index contributed by atoms with van der Waals surface area (Å²) in [7, 11) is -10.8. The highest BCUT2D eigenvalue weighted by atomic mass is 31.2. The Morgan fingerprint density at radius 2 is 1.97 bits per heavy atom. The van der Waals surface area contributed by atoms with Crippen LogP contribution in [-0.2, 0) is 36.3 Å². The first-order chi connectivity index (χ1) is 14.6. The van der Waals surface area contributed by atoms with Gasteiger partial charge in [-0.1, -0.05) is 9.05 Å². The van der Waals surface area contributed by atoms with Crippen molar-refractivity contribution in [2.45, 2.75) is 30.6 Å². The number of nitrogens with one attached hydrogen (secondary N) is 1. The first-order valence-corrected chi connectivity index (χ1v) is 12.1. The molecule has 4 heterocycles. The van der Waals surface area contributed by atoms with E-state index in [1.54, 1.807) is 0 Å². The van der Waals surface area contributed by atoms with Crippen LogP contribution in [0.25, 0.3) is 11.2 Å². The van der Waals surface area contributed by atoms with Gasteiger partial charge in [-0.2, -0.15) is 4.98 Å². The highest BCUT2D eigenvalue weighted by molar-refractivity contribution is 7.55. The number of aromatic amines is 1. The van der Waals surface area contributed by atoms with Crippen molar-refractivity contribution < 1.29 is 51.4 Å². The predicted molar refractivity (Wildman–Crippen MR) is 96.5 cm³/mol. The Labute approximate surface area is 172 Å². The molecule has 31 heavy (non-hydrogen) atoms. The van der Waals surface area contributed by atoms with Gasteiger partial charge in [0.25, 0.3) is 5.56 Å². The number of aromatic nitrogens is 4. The Morgan fingerprint density at radius 3 is 2.65 bits per heavy atom. The van der Waals surface area contributed by atoms with Gasteiger partial charge in [-0.05, 0) is 0 Å². The minimum absolute atomic E-state index is 0.0384. The second kappa shape index (κ2) is 8.31. The van der Waals surface area contributed by atoms with Gasteiger partial charge in [0, 0.05) is 9.13 Å². The van der Waals surface area contributed by atoms with E-state index in [2.05, 4.69) is 28.3 Å². The summed E-state index contributed by atoms with van der Waals surface area (Å²) in [6.07, 6.45) is -4.71. The van der Waals surface area contributed by atoms with E-state index in [0.717, 1.165) is 10.9 Å². The van der Waals surface area contributed by atoms with Crippen molar-refractivity contribution in [2.75, 3.05) is 12.3 Å². The number of fused-ring (bicyclic) bond motifs is 1. The zero-order valence-corrected chi connectivity index (χ0v) is 17.6. The summed E-state index contributed by atoms with van der Waals surface area (Å²) >= 11 is 0. The molecular weight excluding hydrogens is 487 g/mol. The van der Waals surface area contributed by atoms with Crippen molar-refractivity contribution in [1.29, 1.82) is 0 Å². The van der Waals surface area contributed by atoms with Crippen molar-refractivity contribution in [2.24, 2.45) is 0 Å². The molecule has 0 aliphatic carbocycles. The number of aliphatic hydroxyl groups excluding tert-OH is 2. The van der Waals surface area contributed by atoms with E-state index in [9.17, 15) is 33.6 Å². The van der Waals surface area contributed by atoms with Gasteiger partial charge >= 0.3 is 30.1 Å². The van der Waals surface area contributed by atoms with E-state index in [4.69, 9.17) is 15.0 Å². The smallest absolute Gasteiger partial charge is 0.387 e. The summed E-state index contributed by atoms with van der Waals surface area (Å²) < 4.78 is 59.2. The molecular formula is C11H14N5O12P3+2. The zero-order valence-electron chi connectivity index (χ0n) is 14.9. The van der Waals surface area contributed by atoms with Crippen LogP contribution in [0.1, 0.15) is 6.23 Å². The summed E-state index contributed by atoms with van der Waals surface area (Å²) in [6, 6.07) is -2.16. The number of nitrogens with zero attached hydrogens (tertiary/aromatic N) is 3. The number of rotatable bonds is 5. The van der Waals surface area contributed by atoms with Gasteiger partial charge in [0.1, 0.15) is 18.3 Å². The molecule has 0 bridgehead atoms. The van der Waals surface area contributed by atoms with E-state index in [1.165, 1.54) is 0 Å². The molecule has 2 aromatic rings. The number of H-pyrrole nitrogens is 1. The van der Waals surface area contributed by atoms with Crippen LogP contribution in [-0.4, -0.2) is 65.6 Å². The van der Waals surface area contributed by atoms with E-state index in [-0.39, 0.29) is 17.1 Å². The Balaban J connectivity index is 1.49. The molecule has 2 aromatic heterocycles. The lowest BCUT2D eigenvalue weighted by Crippen LogP contribution is -2.34. The molecule has 4 rings (SSSR count). The second-order valence-corrected chi connectivity index (χ2v) is 10.0. The molecule has 6 N–H and O–H groups in total. The fourth-order valence-electron chi connectivity index (χ4n) is 2.85. The van der Waals surface area contributed by atoms with E-state index < -0.39 is 66.8 Å². The van der Waals surface area contributed by atoms with Crippen LogP contribution >= 0.6 is 24.1 Å². The van der Waals surface area contributed by atoms with Crippen LogP contribution < -0.4 is 11.3 Å². The Bertz CT molecular complexity index is 1140. The summed E-state index contributed by atoms with van der Waals surface area (Å²) in [5.41, 5.74) is 4.74. The number of nitrogens with two attached hydrogens (primary N) is 1. The minimum atomic E-state index is -4.83. The summed E-state index contributed by atoms with van der Waals surface area (Å²) in [5.74, 6) is -0.221. The van der Waals surface area contributed by atoms with Crippen molar-refractivity contribution >= 4 is 41.2 Å². The molecule has 20 heteroatoms. The number of aliphatic hydroxyl groups is 2. The molecule has 7 atom stereocenters. The van der Waals surface area contributed by atoms with Crippen molar-refractivity contribution in [3.63, 3.8) is 0 Å². The van der Waals surface area contributed by atoms with Gasteiger partial charge in [0.2, 0.25) is 5.95 Å². The molecule has 2 aliphatic rings. The first kappa shape index (κ1) is 22.5. The Morgan fingerprint density at radius 1 is 1.29 bits per heavy atom. The monoisotopic (exact) mass is 501 g/mol. The molecule has 2 saturated heterocycles. The van der Waals surface area contributed by atoms with Crippen LogP contribution in [0, 0.1) is 0 Å². The Kier molecular flexibility index (Phi) is 6.02. The van der Waals surface area contributed by atoms with E-state index >= 15 is 0 Å². The first-order valence-electron chi connectivity index (χ1n) is 8.24. The van der Waals surface area contributed by atoms with Crippen LogP contribution in [0.3, 0.4) is 0 Å². The average molecular weight is 501 g/mol. The van der Waals surface area contributed by atoms with Crippen molar-refractivity contribution in [1.82, 2.24) is 19.5 Å². The third kappa shape index (κ3) is 4.31. The molecule has 2 aliphatic heterocycles. The lowest BCUT2D eigenvalue weighted by Gasteiger charge is -2.18. The van der Waals surface area contributed by atoms with Crippen LogP contribution in [0.4, 0.5) is 5.95 Å². The molecule has 168 valence electrons. The summed E-state index contributed by atoms with van der Waals surface area (Å²) in [4.78, 5) is 31.9. The molecule has 0 radical (unpaired) electrons. The third-order valence-corrected chi connectivity index (χ3v) is 7.63. The van der Waals surface area contributed by atoms with E-state index in [0.29, 0.717) is 0 Å². The maximum absolute atomic E-state index is 12.3. The minimum Gasteiger partial charge on any atom is -0.387 e. The lowest BCUT2D eigenvalue weighted by atomic mass is 10.1. The summed E-state index contributed by atoms with van der Waals surface area (Å²) in [6.45, 7) is -0.761. The van der Waals surface area contributed by atoms with Crippen molar-refractivity contribution in [3.8, 4) is 0 Å². The number of imidazole rings is 1. The second-order valence-electron chi connectivity index (χ2n) is 6.23. The van der Waals surface area contributed by atoms with Crippen LogP contribution in [0.5, 0.6) is 0 Å². The SMILES string of the molecule is Nc1nc2c(ncn2[C@@H]2O[C@H](COP(=O)(O)C3O[P+](=O)O[P+](=O)O3)[C@@H](O)[C@H]2O)c(=O)[nH]1. The molecule has 0 spiro atoms. The van der Waals surface area contributed by atoms with Gasteiger partial charge in [-0.25, -0.2) is 4.98 Å². The standard InChI is InChI=1S/C11H12N5O12P3/c12-10-14-7-4(8(19)15-10)13-2-16(7)9-6(18)5(17)3(25-9)1-24-31(22,23)11-26-29(20)28-30(21)27-11/h2-3,5-6,9,11,17-18H,1H2,(H2-2,12,14,15,19,22,23)/p+2/t3-,5-,6-,9-/m1/s1. The molecule has 0 amide bonds. The molecule has 17 nitrogen and oxygen atoms in total. The topological polar surface area (TPSA) is 248 Å². The largest absolute Gasteiger partial charge is 0.751 e. The normalized spacial score (nSPS) is 33.6.